The molecule has 2 heterocycles. The van der Waals surface area contributed by atoms with Gasteiger partial charge in [-0.1, -0.05) is 6.07 Å². The molecular weight excluding hydrogens is 417 g/mol. The largest absolute Gasteiger partial charge is 0.460 e. The van der Waals surface area contributed by atoms with Gasteiger partial charge in [0.2, 0.25) is 5.91 Å². The molecule has 2 aliphatic rings. The molecule has 1 saturated heterocycles. The van der Waals surface area contributed by atoms with Crippen molar-refractivity contribution in [1.29, 1.82) is 0 Å². The summed E-state index contributed by atoms with van der Waals surface area (Å²) >= 11 is 0. The van der Waals surface area contributed by atoms with Crippen LogP contribution in [0.3, 0.4) is 0 Å². The minimum Gasteiger partial charge on any atom is -0.460 e. The summed E-state index contributed by atoms with van der Waals surface area (Å²) in [5.41, 5.74) is 11.8. The Morgan fingerprint density at radius 3 is 2.69 bits per heavy atom. The van der Waals surface area contributed by atoms with Crippen LogP contribution in [0.25, 0.3) is 0 Å². The molecule has 1 aromatic carbocycles. The van der Waals surface area contributed by atoms with Crippen LogP contribution in [0.2, 0.25) is 0 Å². The van der Waals surface area contributed by atoms with Gasteiger partial charge in [0.05, 0.1) is 12.6 Å². The second kappa shape index (κ2) is 9.54. The molecule has 3 atom stereocenters. The Bertz CT molecular complexity index is 898. The fourth-order valence-corrected chi connectivity index (χ4v) is 4.22. The molecule has 2 amide bonds. The molecule has 2 aliphatic heterocycles. The van der Waals surface area contributed by atoms with Crippen LogP contribution in [0, 0.1) is 5.82 Å². The van der Waals surface area contributed by atoms with Gasteiger partial charge in [-0.25, -0.2) is 4.39 Å². The molecule has 0 unspecified atom stereocenters. The fourth-order valence-electron chi connectivity index (χ4n) is 4.22. The summed E-state index contributed by atoms with van der Waals surface area (Å²) in [7, 11) is 0. The van der Waals surface area contributed by atoms with Crippen LogP contribution in [0.1, 0.15) is 67.9 Å². The summed E-state index contributed by atoms with van der Waals surface area (Å²) in [5.74, 6) is -2.22. The van der Waals surface area contributed by atoms with Crippen molar-refractivity contribution in [3.05, 3.63) is 34.6 Å². The van der Waals surface area contributed by atoms with Crippen LogP contribution in [0.4, 0.5) is 4.39 Å². The van der Waals surface area contributed by atoms with Gasteiger partial charge in [-0.3, -0.25) is 14.4 Å². The number of carbonyl (C=O) groups excluding carboxylic acids is 3. The highest BCUT2D eigenvalue weighted by molar-refractivity contribution is 6.01. The first-order valence-electron chi connectivity index (χ1n) is 11.0. The summed E-state index contributed by atoms with van der Waals surface area (Å²) in [4.78, 5) is 38.3. The Balaban J connectivity index is 1.74. The smallest absolute Gasteiger partial charge is 0.306 e. The molecule has 8 nitrogen and oxygen atoms in total. The number of nitrogens with two attached hydrogens (primary N) is 2. The monoisotopic (exact) mass is 449 g/mol. The normalized spacial score (nSPS) is 21.9. The van der Waals surface area contributed by atoms with E-state index in [-0.39, 0.29) is 42.7 Å². The lowest BCUT2D eigenvalue weighted by Crippen LogP contribution is -2.45. The van der Waals surface area contributed by atoms with E-state index in [0.29, 0.717) is 18.6 Å². The molecule has 0 aromatic heterocycles. The van der Waals surface area contributed by atoms with Crippen LogP contribution >= 0.6 is 0 Å². The Labute approximate surface area is 187 Å². The highest BCUT2D eigenvalue weighted by Gasteiger charge is 2.38. The van der Waals surface area contributed by atoms with Crippen LogP contribution in [0.5, 0.6) is 0 Å². The standard InChI is InChI=1S/C23H32FN3O5/c1-23(2,3)32-19(28)9-8-17(21(26)29)27-12-15-14(22(27)30)7-6-13(20(15)24)11-18-16(25)5-4-10-31-18/h6-7,16-18H,4-5,8-12,25H2,1-3H3,(H2,26,29)/t16-,17+,18+/m0/s1. The van der Waals surface area contributed by atoms with E-state index in [1.807, 2.05) is 0 Å². The first-order valence-corrected chi connectivity index (χ1v) is 11.0. The number of halogens is 1. The predicted octanol–water partition coefficient (Wildman–Crippen LogP) is 1.81. The SMILES string of the molecule is CC(C)(C)OC(=O)CC[C@H](C(N)=O)N1Cc2c(ccc(C[C@H]3OCCC[C@@H]3N)c2F)C1=O. The van der Waals surface area contributed by atoms with Crippen molar-refractivity contribution in [3.63, 3.8) is 0 Å². The molecule has 9 heteroatoms. The molecule has 1 fully saturated rings. The average Bonchev–Trinajstić information content (AvgIpc) is 3.01. The van der Waals surface area contributed by atoms with E-state index in [2.05, 4.69) is 0 Å². The number of nitrogens with zero attached hydrogens (tertiary/aromatic N) is 1. The van der Waals surface area contributed by atoms with Crippen molar-refractivity contribution in [3.8, 4) is 0 Å². The Hall–Kier alpha value is -2.52. The van der Waals surface area contributed by atoms with Gasteiger partial charge < -0.3 is 25.8 Å². The van der Waals surface area contributed by atoms with Crippen molar-refractivity contribution in [1.82, 2.24) is 4.90 Å². The molecule has 0 aliphatic carbocycles. The van der Waals surface area contributed by atoms with Crippen molar-refractivity contribution in [2.24, 2.45) is 11.5 Å². The third kappa shape index (κ3) is 5.45. The second-order valence-corrected chi connectivity index (χ2v) is 9.46. The van der Waals surface area contributed by atoms with Gasteiger partial charge in [0.15, 0.2) is 0 Å². The summed E-state index contributed by atoms with van der Waals surface area (Å²) in [6.45, 7) is 5.72. The maximum atomic E-state index is 15.3. The minimum absolute atomic E-state index is 0.00319. The zero-order chi connectivity index (χ0) is 23.6. The maximum absolute atomic E-state index is 15.3. The molecule has 32 heavy (non-hydrogen) atoms. The lowest BCUT2D eigenvalue weighted by molar-refractivity contribution is -0.155. The number of primary amides is 1. The van der Waals surface area contributed by atoms with Gasteiger partial charge >= 0.3 is 5.97 Å². The lowest BCUT2D eigenvalue weighted by atomic mass is 9.95. The molecule has 4 N–H and O–H groups in total. The van der Waals surface area contributed by atoms with Crippen molar-refractivity contribution in [2.75, 3.05) is 6.61 Å². The van der Waals surface area contributed by atoms with Crippen LogP contribution < -0.4 is 11.5 Å². The first kappa shape index (κ1) is 24.1. The first-order chi connectivity index (χ1) is 15.0. The highest BCUT2D eigenvalue weighted by Crippen LogP contribution is 2.31. The van der Waals surface area contributed by atoms with E-state index in [4.69, 9.17) is 20.9 Å². The minimum atomic E-state index is -1.04. The molecule has 1 aromatic rings. The summed E-state index contributed by atoms with van der Waals surface area (Å²) in [5, 5.41) is 0. The van der Waals surface area contributed by atoms with E-state index in [9.17, 15) is 14.4 Å². The number of ether oxygens (including phenoxy) is 2. The number of hydrogen-bond donors (Lipinski definition) is 2. The summed E-state index contributed by atoms with van der Waals surface area (Å²) in [6.07, 6.45) is 1.65. The highest BCUT2D eigenvalue weighted by atomic mass is 19.1. The molecule has 3 rings (SSSR count). The number of benzene rings is 1. The molecule has 0 saturated carbocycles. The number of fused-ring (bicyclic) bond motifs is 1. The van der Waals surface area contributed by atoms with Gasteiger partial charge in [0.1, 0.15) is 17.5 Å². The van der Waals surface area contributed by atoms with Crippen molar-refractivity contribution < 1.29 is 28.2 Å². The molecule has 0 spiro atoms. The van der Waals surface area contributed by atoms with Gasteiger partial charge in [-0.15, -0.1) is 0 Å². The zero-order valence-electron chi connectivity index (χ0n) is 18.9. The number of rotatable bonds is 7. The van der Waals surface area contributed by atoms with Gasteiger partial charge in [0, 0.05) is 36.6 Å². The molecular formula is C23H32FN3O5. The lowest BCUT2D eigenvalue weighted by Gasteiger charge is -2.29. The van der Waals surface area contributed by atoms with Gasteiger partial charge in [-0.05, 0) is 51.7 Å². The Morgan fingerprint density at radius 2 is 2.06 bits per heavy atom. The average molecular weight is 450 g/mol. The van der Waals surface area contributed by atoms with Gasteiger partial charge in [0.25, 0.3) is 5.91 Å². The number of esters is 1. The zero-order valence-corrected chi connectivity index (χ0v) is 18.9. The van der Waals surface area contributed by atoms with E-state index >= 15 is 4.39 Å². The second-order valence-electron chi connectivity index (χ2n) is 9.46. The number of amides is 2. The maximum Gasteiger partial charge on any atom is 0.306 e. The van der Waals surface area contributed by atoms with Crippen LogP contribution in [0.15, 0.2) is 12.1 Å². The Kier molecular flexibility index (Phi) is 7.19. The van der Waals surface area contributed by atoms with E-state index in [0.717, 1.165) is 12.8 Å². The molecule has 176 valence electrons. The summed E-state index contributed by atoms with van der Waals surface area (Å²) < 4.78 is 26.3. The Morgan fingerprint density at radius 1 is 1.34 bits per heavy atom. The number of hydrogen-bond acceptors (Lipinski definition) is 6. The third-order valence-corrected chi connectivity index (χ3v) is 5.80. The number of carbonyl (C=O) groups is 3. The fraction of sp³-hybridized carbons (Fsp3) is 0.609. The quantitative estimate of drug-likeness (QED) is 0.612. The van der Waals surface area contributed by atoms with Gasteiger partial charge in [-0.2, -0.15) is 0 Å². The summed E-state index contributed by atoms with van der Waals surface area (Å²) in [6, 6.07) is 1.93. The van der Waals surface area contributed by atoms with E-state index in [1.54, 1.807) is 32.9 Å². The molecule has 0 bridgehead atoms. The topological polar surface area (TPSA) is 125 Å². The van der Waals surface area contributed by atoms with E-state index < -0.39 is 35.2 Å². The predicted molar refractivity (Wildman–Crippen MR) is 115 cm³/mol. The van der Waals surface area contributed by atoms with Crippen LogP contribution in [-0.4, -0.2) is 53.1 Å². The van der Waals surface area contributed by atoms with Crippen molar-refractivity contribution in [2.45, 2.75) is 83.2 Å². The molecule has 0 radical (unpaired) electrons. The van der Waals surface area contributed by atoms with E-state index in [1.165, 1.54) is 4.90 Å². The third-order valence-electron chi connectivity index (χ3n) is 5.80. The van der Waals surface area contributed by atoms with Crippen molar-refractivity contribution >= 4 is 17.8 Å². The van der Waals surface area contributed by atoms with Crippen LogP contribution in [-0.2, 0) is 32.0 Å².